The van der Waals surface area contributed by atoms with E-state index in [0.29, 0.717) is 19.1 Å². The Hall–Kier alpha value is -1.75. The predicted molar refractivity (Wildman–Crippen MR) is 76.7 cm³/mol. The van der Waals surface area contributed by atoms with E-state index in [2.05, 4.69) is 10.6 Å². The van der Waals surface area contributed by atoms with E-state index in [9.17, 15) is 9.90 Å². The van der Waals surface area contributed by atoms with Crippen molar-refractivity contribution in [3.8, 4) is 5.75 Å². The van der Waals surface area contributed by atoms with Gasteiger partial charge in [0.15, 0.2) is 0 Å². The summed E-state index contributed by atoms with van der Waals surface area (Å²) >= 11 is 0. The van der Waals surface area contributed by atoms with E-state index in [4.69, 9.17) is 4.74 Å². The van der Waals surface area contributed by atoms with Crippen molar-refractivity contribution >= 4 is 6.03 Å². The third-order valence-corrected chi connectivity index (χ3v) is 3.46. The normalized spacial score (nSPS) is 17.1. The maximum absolute atomic E-state index is 11.6. The standard InChI is InChI=1S/C15H22N2O3/c1-15(19,12-7-8-12)11-17-14(18)16-9-10-20-13-5-3-2-4-6-13/h2-6,12,19H,7-11H2,1H3,(H2,16,17,18)/t15-/m1/s1. The fraction of sp³-hybridized carbons (Fsp3) is 0.533. The van der Waals surface area contributed by atoms with Crippen molar-refractivity contribution in [2.45, 2.75) is 25.4 Å². The minimum Gasteiger partial charge on any atom is -0.492 e. The number of urea groups is 1. The van der Waals surface area contributed by atoms with Gasteiger partial charge in [0.2, 0.25) is 0 Å². The zero-order valence-corrected chi connectivity index (χ0v) is 11.8. The number of nitrogens with one attached hydrogen (secondary N) is 2. The van der Waals surface area contributed by atoms with Crippen molar-refractivity contribution in [3.05, 3.63) is 30.3 Å². The highest BCUT2D eigenvalue weighted by Gasteiger charge is 2.39. The molecule has 0 saturated heterocycles. The second kappa shape index (κ2) is 6.61. The summed E-state index contributed by atoms with van der Waals surface area (Å²) in [5.74, 6) is 1.11. The number of hydrogen-bond donors (Lipinski definition) is 3. The lowest BCUT2D eigenvalue weighted by Gasteiger charge is -2.23. The molecule has 2 rings (SSSR count). The molecule has 1 saturated carbocycles. The number of hydrogen-bond acceptors (Lipinski definition) is 3. The Morgan fingerprint density at radius 3 is 2.70 bits per heavy atom. The quantitative estimate of drug-likeness (QED) is 0.662. The smallest absolute Gasteiger partial charge is 0.315 e. The van der Waals surface area contributed by atoms with Gasteiger partial charge in [-0.2, -0.15) is 0 Å². The first-order chi connectivity index (χ1) is 9.58. The van der Waals surface area contributed by atoms with Crippen LogP contribution in [0.15, 0.2) is 30.3 Å². The van der Waals surface area contributed by atoms with Crippen LogP contribution in [-0.2, 0) is 0 Å². The van der Waals surface area contributed by atoms with Crippen molar-refractivity contribution in [1.82, 2.24) is 10.6 Å². The first-order valence-corrected chi connectivity index (χ1v) is 7.00. The highest BCUT2D eigenvalue weighted by Crippen LogP contribution is 2.38. The van der Waals surface area contributed by atoms with Crippen LogP contribution in [-0.4, -0.2) is 36.4 Å². The Kier molecular flexibility index (Phi) is 4.84. The molecule has 0 aliphatic heterocycles. The van der Waals surface area contributed by atoms with Gasteiger partial charge in [-0.05, 0) is 37.8 Å². The molecular formula is C15H22N2O3. The summed E-state index contributed by atoms with van der Waals surface area (Å²) < 4.78 is 5.46. The number of amides is 2. The number of rotatable bonds is 7. The van der Waals surface area contributed by atoms with Crippen LogP contribution in [0.1, 0.15) is 19.8 Å². The fourth-order valence-corrected chi connectivity index (χ4v) is 2.02. The van der Waals surface area contributed by atoms with Crippen LogP contribution in [0.25, 0.3) is 0 Å². The highest BCUT2D eigenvalue weighted by atomic mass is 16.5. The van der Waals surface area contributed by atoms with Gasteiger partial charge in [0.05, 0.1) is 12.1 Å². The average molecular weight is 278 g/mol. The van der Waals surface area contributed by atoms with Crippen LogP contribution >= 0.6 is 0 Å². The number of benzene rings is 1. The lowest BCUT2D eigenvalue weighted by molar-refractivity contribution is 0.0394. The van der Waals surface area contributed by atoms with Crippen LogP contribution < -0.4 is 15.4 Å². The summed E-state index contributed by atoms with van der Waals surface area (Å²) in [5, 5.41) is 15.4. The van der Waals surface area contributed by atoms with E-state index in [1.165, 1.54) is 0 Å². The third-order valence-electron chi connectivity index (χ3n) is 3.46. The highest BCUT2D eigenvalue weighted by molar-refractivity contribution is 5.73. The lowest BCUT2D eigenvalue weighted by atomic mass is 10.0. The maximum Gasteiger partial charge on any atom is 0.315 e. The topological polar surface area (TPSA) is 70.6 Å². The monoisotopic (exact) mass is 278 g/mol. The van der Waals surface area contributed by atoms with Crippen molar-refractivity contribution in [2.75, 3.05) is 19.7 Å². The molecule has 0 bridgehead atoms. The van der Waals surface area contributed by atoms with E-state index in [-0.39, 0.29) is 12.6 Å². The second-order valence-electron chi connectivity index (χ2n) is 5.40. The minimum absolute atomic E-state index is 0.275. The fourth-order valence-electron chi connectivity index (χ4n) is 2.02. The average Bonchev–Trinajstić information content (AvgIpc) is 3.28. The van der Waals surface area contributed by atoms with Crippen molar-refractivity contribution in [3.63, 3.8) is 0 Å². The van der Waals surface area contributed by atoms with E-state index >= 15 is 0 Å². The first-order valence-electron chi connectivity index (χ1n) is 7.00. The number of aliphatic hydroxyl groups is 1. The zero-order valence-electron chi connectivity index (χ0n) is 11.8. The van der Waals surface area contributed by atoms with Crippen LogP contribution in [0.4, 0.5) is 4.79 Å². The van der Waals surface area contributed by atoms with Crippen LogP contribution in [0.3, 0.4) is 0 Å². The molecule has 0 spiro atoms. The Labute approximate surface area is 119 Å². The van der Waals surface area contributed by atoms with Crippen LogP contribution in [0, 0.1) is 5.92 Å². The maximum atomic E-state index is 11.6. The van der Waals surface area contributed by atoms with E-state index in [1.54, 1.807) is 6.92 Å². The molecule has 0 heterocycles. The molecule has 1 atom stereocenters. The van der Waals surface area contributed by atoms with Gasteiger partial charge in [0.1, 0.15) is 12.4 Å². The van der Waals surface area contributed by atoms with Crippen LogP contribution in [0.2, 0.25) is 0 Å². The SMILES string of the molecule is C[C@@](O)(CNC(=O)NCCOc1ccccc1)C1CC1. The van der Waals surface area contributed by atoms with Gasteiger partial charge in [-0.15, -0.1) is 0 Å². The number of carbonyl (C=O) groups excluding carboxylic acids is 1. The first kappa shape index (κ1) is 14.7. The molecular weight excluding hydrogens is 256 g/mol. The van der Waals surface area contributed by atoms with Crippen molar-refractivity contribution < 1.29 is 14.6 Å². The molecule has 0 radical (unpaired) electrons. The molecule has 20 heavy (non-hydrogen) atoms. The third kappa shape index (κ3) is 4.74. The summed E-state index contributed by atoms with van der Waals surface area (Å²) in [6.45, 7) is 2.88. The molecule has 3 N–H and O–H groups in total. The second-order valence-corrected chi connectivity index (χ2v) is 5.40. The Morgan fingerprint density at radius 1 is 1.35 bits per heavy atom. The largest absolute Gasteiger partial charge is 0.492 e. The van der Waals surface area contributed by atoms with E-state index < -0.39 is 5.60 Å². The molecule has 0 aromatic heterocycles. The molecule has 5 nitrogen and oxygen atoms in total. The minimum atomic E-state index is -0.794. The zero-order chi connectivity index (χ0) is 14.4. The van der Waals surface area contributed by atoms with Crippen LogP contribution in [0.5, 0.6) is 5.75 Å². The molecule has 1 aliphatic rings. The summed E-state index contributed by atoms with van der Waals surface area (Å²) in [5.41, 5.74) is -0.794. The van der Waals surface area contributed by atoms with E-state index in [0.717, 1.165) is 18.6 Å². The Balaban J connectivity index is 1.56. The molecule has 5 heteroatoms. The molecule has 1 aromatic carbocycles. The molecule has 1 aliphatic carbocycles. The number of para-hydroxylation sites is 1. The molecule has 2 amide bonds. The van der Waals surface area contributed by atoms with Gasteiger partial charge < -0.3 is 20.5 Å². The molecule has 0 unspecified atom stereocenters. The summed E-state index contributed by atoms with van der Waals surface area (Å²) in [7, 11) is 0. The molecule has 110 valence electrons. The summed E-state index contributed by atoms with van der Waals surface area (Å²) in [6.07, 6.45) is 2.09. The number of ether oxygens (including phenoxy) is 1. The molecule has 1 fully saturated rings. The Morgan fingerprint density at radius 2 is 2.05 bits per heavy atom. The predicted octanol–water partition coefficient (Wildman–Crippen LogP) is 1.53. The summed E-state index contributed by atoms with van der Waals surface area (Å²) in [6, 6.07) is 9.18. The van der Waals surface area contributed by atoms with Gasteiger partial charge in [0.25, 0.3) is 0 Å². The lowest BCUT2D eigenvalue weighted by Crippen LogP contribution is -2.46. The van der Waals surface area contributed by atoms with Gasteiger partial charge in [-0.1, -0.05) is 18.2 Å². The van der Waals surface area contributed by atoms with Gasteiger partial charge in [-0.25, -0.2) is 4.79 Å². The summed E-state index contributed by atoms with van der Waals surface area (Å²) in [4.78, 5) is 11.6. The van der Waals surface area contributed by atoms with E-state index in [1.807, 2.05) is 30.3 Å². The van der Waals surface area contributed by atoms with Crippen molar-refractivity contribution in [2.24, 2.45) is 5.92 Å². The Bertz CT molecular complexity index is 430. The number of carbonyl (C=O) groups is 1. The van der Waals surface area contributed by atoms with Crippen molar-refractivity contribution in [1.29, 1.82) is 0 Å². The van der Waals surface area contributed by atoms with Gasteiger partial charge >= 0.3 is 6.03 Å². The molecule has 1 aromatic rings. The van der Waals surface area contributed by atoms with Gasteiger partial charge in [-0.3, -0.25) is 0 Å². The van der Waals surface area contributed by atoms with Gasteiger partial charge in [0, 0.05) is 6.54 Å².